The molecule has 12 heteroatoms. The summed E-state index contributed by atoms with van der Waals surface area (Å²) < 4.78 is 40.5. The maximum atomic E-state index is 14.1. The quantitative estimate of drug-likeness (QED) is 0.265. The molecule has 0 radical (unpaired) electrons. The Morgan fingerprint density at radius 1 is 0.976 bits per heavy atom. The van der Waals surface area contributed by atoms with Gasteiger partial charge in [0.1, 0.15) is 18.4 Å². The first-order valence-electron chi connectivity index (χ1n) is 13.4. The lowest BCUT2D eigenvalue weighted by Gasteiger charge is -2.34. The van der Waals surface area contributed by atoms with Crippen LogP contribution in [-0.4, -0.2) is 50.0 Å². The highest BCUT2D eigenvalue weighted by Gasteiger charge is 2.34. The first-order chi connectivity index (χ1) is 19.9. The van der Waals surface area contributed by atoms with E-state index in [1.54, 1.807) is 12.1 Å². The number of carbonyl (C=O) groups excluding carboxylic acids is 2. The van der Waals surface area contributed by atoms with E-state index in [1.807, 2.05) is 30.3 Å². The minimum atomic E-state index is -4.03. The fourth-order valence-electron chi connectivity index (χ4n) is 5.01. The number of sulfonamides is 1. The van der Waals surface area contributed by atoms with Gasteiger partial charge in [-0.2, -0.15) is 0 Å². The van der Waals surface area contributed by atoms with Crippen molar-refractivity contribution in [2.75, 3.05) is 17.1 Å². The number of benzene rings is 3. The standard InChI is InChI=1S/C30H31Cl3FN3O4S/c1-42(40,41)37(24-13-14-27(34)26(33)17-24)19-29(38)36(18-21-11-12-22(31)16-25(21)32)28(15-20-7-3-2-4-8-20)30(39)35-23-9-5-6-10-23/h2-4,7-8,11-14,16-17,23,28H,5-6,9-10,15,18-19H2,1H3,(H,35,39). The molecule has 1 saturated carbocycles. The van der Waals surface area contributed by atoms with Crippen molar-refractivity contribution in [3.63, 3.8) is 0 Å². The van der Waals surface area contributed by atoms with E-state index in [1.165, 1.54) is 17.0 Å². The van der Waals surface area contributed by atoms with Crippen LogP contribution in [0.3, 0.4) is 0 Å². The molecule has 0 aromatic heterocycles. The third-order valence-electron chi connectivity index (χ3n) is 7.20. The Bertz CT molecular complexity index is 1540. The van der Waals surface area contributed by atoms with Gasteiger partial charge in [-0.1, -0.05) is 84.0 Å². The zero-order chi connectivity index (χ0) is 30.4. The van der Waals surface area contributed by atoms with Crippen LogP contribution in [0.4, 0.5) is 10.1 Å². The lowest BCUT2D eigenvalue weighted by atomic mass is 10.0. The molecule has 42 heavy (non-hydrogen) atoms. The lowest BCUT2D eigenvalue weighted by Crippen LogP contribution is -2.54. The van der Waals surface area contributed by atoms with Gasteiger partial charge in [0.2, 0.25) is 21.8 Å². The molecule has 0 spiro atoms. The number of carbonyl (C=O) groups is 2. The van der Waals surface area contributed by atoms with Crippen LogP contribution in [0.1, 0.15) is 36.8 Å². The normalized spacial score (nSPS) is 14.4. The highest BCUT2D eigenvalue weighted by molar-refractivity contribution is 7.92. The van der Waals surface area contributed by atoms with Gasteiger partial charge in [-0.25, -0.2) is 12.8 Å². The molecule has 0 heterocycles. The zero-order valence-electron chi connectivity index (χ0n) is 22.9. The molecule has 0 saturated heterocycles. The van der Waals surface area contributed by atoms with Crippen molar-refractivity contribution in [1.29, 1.82) is 0 Å². The van der Waals surface area contributed by atoms with Gasteiger partial charge in [0.15, 0.2) is 0 Å². The fourth-order valence-corrected chi connectivity index (χ4v) is 6.49. The molecule has 1 fully saturated rings. The van der Waals surface area contributed by atoms with E-state index in [4.69, 9.17) is 34.8 Å². The lowest BCUT2D eigenvalue weighted by molar-refractivity contribution is -0.140. The van der Waals surface area contributed by atoms with Crippen LogP contribution in [0.15, 0.2) is 66.7 Å². The Hall–Kier alpha value is -2.85. The molecule has 7 nitrogen and oxygen atoms in total. The van der Waals surface area contributed by atoms with E-state index in [0.717, 1.165) is 53.9 Å². The highest BCUT2D eigenvalue weighted by Crippen LogP contribution is 2.27. The van der Waals surface area contributed by atoms with E-state index in [2.05, 4.69) is 5.32 Å². The SMILES string of the molecule is CS(=O)(=O)N(CC(=O)N(Cc1ccc(Cl)cc1Cl)C(Cc1ccccc1)C(=O)NC1CCCC1)c1ccc(F)c(Cl)c1. The van der Waals surface area contributed by atoms with Gasteiger partial charge in [-0.3, -0.25) is 13.9 Å². The van der Waals surface area contributed by atoms with Crippen molar-refractivity contribution in [2.45, 2.75) is 50.7 Å². The van der Waals surface area contributed by atoms with Gasteiger partial charge >= 0.3 is 0 Å². The number of anilines is 1. The largest absolute Gasteiger partial charge is 0.352 e. The Labute approximate surface area is 260 Å². The molecule has 1 aliphatic carbocycles. The number of nitrogens with zero attached hydrogens (tertiary/aromatic N) is 2. The minimum absolute atomic E-state index is 0.0109. The second kappa shape index (κ2) is 14.1. The van der Waals surface area contributed by atoms with Crippen LogP contribution in [0.2, 0.25) is 15.1 Å². The van der Waals surface area contributed by atoms with Crippen LogP contribution >= 0.6 is 34.8 Å². The summed E-state index contributed by atoms with van der Waals surface area (Å²) in [6, 6.07) is 16.5. The maximum Gasteiger partial charge on any atom is 0.244 e. The molecule has 1 aliphatic rings. The molecule has 1 unspecified atom stereocenters. The number of amides is 2. The summed E-state index contributed by atoms with van der Waals surface area (Å²) in [5.41, 5.74) is 1.35. The monoisotopic (exact) mass is 653 g/mol. The molecule has 0 bridgehead atoms. The summed E-state index contributed by atoms with van der Waals surface area (Å²) in [4.78, 5) is 29.4. The Kier molecular flexibility index (Phi) is 10.8. The summed E-state index contributed by atoms with van der Waals surface area (Å²) in [6.07, 6.45) is 4.80. The third kappa shape index (κ3) is 8.37. The summed E-state index contributed by atoms with van der Waals surface area (Å²) >= 11 is 18.5. The molecular weight excluding hydrogens is 624 g/mol. The average Bonchev–Trinajstić information content (AvgIpc) is 3.45. The summed E-state index contributed by atoms with van der Waals surface area (Å²) in [6.45, 7) is -0.750. The van der Waals surface area contributed by atoms with E-state index < -0.39 is 34.3 Å². The van der Waals surface area contributed by atoms with Crippen molar-refractivity contribution in [1.82, 2.24) is 10.2 Å². The van der Waals surface area contributed by atoms with Crippen LogP contribution in [0, 0.1) is 5.82 Å². The number of halogens is 4. The second-order valence-corrected chi connectivity index (χ2v) is 13.5. The smallest absolute Gasteiger partial charge is 0.244 e. The molecular formula is C30H31Cl3FN3O4S. The predicted molar refractivity (Wildman–Crippen MR) is 165 cm³/mol. The first-order valence-corrected chi connectivity index (χ1v) is 16.4. The van der Waals surface area contributed by atoms with Crippen LogP contribution < -0.4 is 9.62 Å². The average molecular weight is 655 g/mol. The summed E-state index contributed by atoms with van der Waals surface area (Å²) in [5.74, 6) is -1.74. The molecule has 3 aromatic carbocycles. The number of hydrogen-bond donors (Lipinski definition) is 1. The van der Waals surface area contributed by atoms with Crippen molar-refractivity contribution in [3.05, 3.63) is 98.7 Å². The molecule has 0 aliphatic heterocycles. The fraction of sp³-hybridized carbons (Fsp3) is 0.333. The molecule has 1 atom stereocenters. The Balaban J connectivity index is 1.75. The first kappa shape index (κ1) is 32.1. The van der Waals surface area contributed by atoms with E-state index >= 15 is 0 Å². The summed E-state index contributed by atoms with van der Waals surface area (Å²) in [7, 11) is -4.03. The molecule has 2 amide bonds. The Morgan fingerprint density at radius 3 is 2.29 bits per heavy atom. The van der Waals surface area contributed by atoms with Crippen molar-refractivity contribution in [3.8, 4) is 0 Å². The maximum absolute atomic E-state index is 14.1. The van der Waals surface area contributed by atoms with Crippen LogP contribution in [0.25, 0.3) is 0 Å². The predicted octanol–water partition coefficient (Wildman–Crippen LogP) is 6.25. The topological polar surface area (TPSA) is 86.8 Å². The highest BCUT2D eigenvalue weighted by atomic mass is 35.5. The number of nitrogens with one attached hydrogen (secondary N) is 1. The van der Waals surface area contributed by atoms with E-state index in [-0.39, 0.29) is 35.6 Å². The zero-order valence-corrected chi connectivity index (χ0v) is 26.0. The molecule has 3 aromatic rings. The molecule has 224 valence electrons. The van der Waals surface area contributed by atoms with Gasteiger partial charge in [-0.05, 0) is 54.3 Å². The van der Waals surface area contributed by atoms with Crippen molar-refractivity contribution < 1.29 is 22.4 Å². The van der Waals surface area contributed by atoms with Gasteiger partial charge in [0.25, 0.3) is 0 Å². The van der Waals surface area contributed by atoms with Gasteiger partial charge in [0.05, 0.1) is 17.0 Å². The third-order valence-corrected chi connectivity index (χ3v) is 9.22. The van der Waals surface area contributed by atoms with E-state index in [0.29, 0.717) is 15.6 Å². The number of rotatable bonds is 11. The number of hydrogen-bond acceptors (Lipinski definition) is 4. The van der Waals surface area contributed by atoms with Crippen LogP contribution in [0.5, 0.6) is 0 Å². The van der Waals surface area contributed by atoms with E-state index in [9.17, 15) is 22.4 Å². The van der Waals surface area contributed by atoms with Gasteiger partial charge < -0.3 is 10.2 Å². The minimum Gasteiger partial charge on any atom is -0.352 e. The van der Waals surface area contributed by atoms with Crippen molar-refractivity contribution >= 4 is 62.3 Å². The van der Waals surface area contributed by atoms with Crippen LogP contribution in [-0.2, 0) is 32.6 Å². The van der Waals surface area contributed by atoms with Gasteiger partial charge in [0, 0.05) is 29.1 Å². The van der Waals surface area contributed by atoms with Crippen molar-refractivity contribution in [2.24, 2.45) is 0 Å². The summed E-state index contributed by atoms with van der Waals surface area (Å²) in [5, 5.41) is 3.49. The molecule has 1 N–H and O–H groups in total. The second-order valence-electron chi connectivity index (χ2n) is 10.3. The Morgan fingerprint density at radius 2 is 1.67 bits per heavy atom. The van der Waals surface area contributed by atoms with Gasteiger partial charge in [-0.15, -0.1) is 0 Å². The molecule has 4 rings (SSSR count).